The van der Waals surface area contributed by atoms with Crippen molar-refractivity contribution in [2.45, 2.75) is 6.61 Å². The van der Waals surface area contributed by atoms with Crippen LogP contribution in [0.3, 0.4) is 0 Å². The summed E-state index contributed by atoms with van der Waals surface area (Å²) >= 11 is 0. The maximum Gasteiger partial charge on any atom is 0.258 e. The van der Waals surface area contributed by atoms with Crippen molar-refractivity contribution in [3.8, 4) is 5.75 Å². The zero-order chi connectivity index (χ0) is 19.5. The van der Waals surface area contributed by atoms with Gasteiger partial charge in [0.25, 0.3) is 17.7 Å². The molecule has 1 aliphatic rings. The summed E-state index contributed by atoms with van der Waals surface area (Å²) in [6.07, 6.45) is 0. The Balaban J connectivity index is 1.46. The van der Waals surface area contributed by atoms with Crippen molar-refractivity contribution < 1.29 is 19.1 Å². The van der Waals surface area contributed by atoms with Gasteiger partial charge in [-0.15, -0.1) is 0 Å². The van der Waals surface area contributed by atoms with E-state index in [0.29, 0.717) is 23.6 Å². The fourth-order valence-corrected chi connectivity index (χ4v) is 2.92. The van der Waals surface area contributed by atoms with Gasteiger partial charge in [-0.1, -0.05) is 36.4 Å². The highest BCUT2D eigenvalue weighted by Crippen LogP contribution is 2.21. The van der Waals surface area contributed by atoms with Gasteiger partial charge in [0.2, 0.25) is 0 Å². The van der Waals surface area contributed by atoms with Crippen molar-refractivity contribution in [3.63, 3.8) is 0 Å². The Morgan fingerprint density at radius 1 is 0.857 bits per heavy atom. The zero-order valence-electron chi connectivity index (χ0n) is 14.8. The van der Waals surface area contributed by atoms with E-state index < -0.39 is 11.8 Å². The second kappa shape index (κ2) is 7.36. The Kier molecular flexibility index (Phi) is 4.60. The minimum Gasteiger partial charge on any atom is -0.489 e. The molecule has 0 unspecified atom stereocenters. The van der Waals surface area contributed by atoms with Crippen molar-refractivity contribution >= 4 is 23.4 Å². The minimum absolute atomic E-state index is 0.206. The number of ether oxygens (including phenoxy) is 1. The van der Waals surface area contributed by atoms with Gasteiger partial charge in [0, 0.05) is 17.3 Å². The summed E-state index contributed by atoms with van der Waals surface area (Å²) in [6.45, 7) is 0.423. The van der Waals surface area contributed by atoms with Crippen molar-refractivity contribution in [2.24, 2.45) is 0 Å². The molecule has 1 aliphatic heterocycles. The monoisotopic (exact) mass is 372 g/mol. The van der Waals surface area contributed by atoms with E-state index in [1.165, 1.54) is 18.2 Å². The Morgan fingerprint density at radius 2 is 1.64 bits per heavy atom. The van der Waals surface area contributed by atoms with Gasteiger partial charge in [0.1, 0.15) is 12.4 Å². The van der Waals surface area contributed by atoms with Crippen LogP contribution in [0.4, 0.5) is 5.69 Å². The molecule has 0 saturated heterocycles. The molecule has 1 heterocycles. The molecule has 0 spiro atoms. The van der Waals surface area contributed by atoms with E-state index in [0.717, 1.165) is 5.56 Å². The van der Waals surface area contributed by atoms with Crippen LogP contribution in [-0.4, -0.2) is 17.7 Å². The fourth-order valence-electron chi connectivity index (χ4n) is 2.92. The van der Waals surface area contributed by atoms with E-state index in [1.54, 1.807) is 18.2 Å². The van der Waals surface area contributed by atoms with Gasteiger partial charge >= 0.3 is 0 Å². The van der Waals surface area contributed by atoms with Crippen molar-refractivity contribution in [2.75, 3.05) is 5.32 Å². The quantitative estimate of drug-likeness (QED) is 0.672. The van der Waals surface area contributed by atoms with E-state index in [4.69, 9.17) is 4.74 Å². The highest BCUT2D eigenvalue weighted by Gasteiger charge is 2.27. The van der Waals surface area contributed by atoms with Crippen LogP contribution in [0.1, 0.15) is 36.6 Å². The summed E-state index contributed by atoms with van der Waals surface area (Å²) < 4.78 is 5.76. The van der Waals surface area contributed by atoms with E-state index in [1.807, 2.05) is 36.4 Å². The molecule has 0 saturated carbocycles. The number of imide groups is 1. The lowest BCUT2D eigenvalue weighted by Crippen LogP contribution is -2.19. The maximum atomic E-state index is 12.5. The van der Waals surface area contributed by atoms with Gasteiger partial charge in [-0.25, -0.2) is 0 Å². The summed E-state index contributed by atoms with van der Waals surface area (Å²) in [5.41, 5.74) is 2.38. The van der Waals surface area contributed by atoms with Crippen LogP contribution in [0.5, 0.6) is 5.75 Å². The van der Waals surface area contributed by atoms with Crippen LogP contribution in [0, 0.1) is 0 Å². The second-order valence-corrected chi connectivity index (χ2v) is 6.30. The van der Waals surface area contributed by atoms with Crippen LogP contribution in [0.25, 0.3) is 0 Å². The number of rotatable bonds is 5. The number of amides is 3. The number of fused-ring (bicyclic) bond motifs is 1. The summed E-state index contributed by atoms with van der Waals surface area (Å²) in [5, 5.41) is 4.99. The zero-order valence-corrected chi connectivity index (χ0v) is 14.8. The first-order valence-corrected chi connectivity index (χ1v) is 8.68. The second-order valence-electron chi connectivity index (χ2n) is 6.30. The lowest BCUT2D eigenvalue weighted by Gasteiger charge is -2.10. The number of benzene rings is 3. The first-order valence-electron chi connectivity index (χ1n) is 8.68. The topological polar surface area (TPSA) is 84.5 Å². The molecule has 0 bridgehead atoms. The molecule has 3 aromatic carbocycles. The van der Waals surface area contributed by atoms with Crippen LogP contribution in [0.2, 0.25) is 0 Å². The number of carbonyl (C=O) groups excluding carboxylic acids is 3. The molecular weight excluding hydrogens is 356 g/mol. The number of hydrogen-bond acceptors (Lipinski definition) is 4. The minimum atomic E-state index is -0.494. The van der Waals surface area contributed by atoms with Gasteiger partial charge in [-0.2, -0.15) is 0 Å². The third-order valence-electron chi connectivity index (χ3n) is 4.34. The summed E-state index contributed by atoms with van der Waals surface area (Å²) in [5.74, 6) is -0.697. The molecule has 138 valence electrons. The normalized spacial score (nSPS) is 12.3. The molecule has 6 heteroatoms. The Morgan fingerprint density at radius 3 is 2.46 bits per heavy atom. The smallest absolute Gasteiger partial charge is 0.258 e. The van der Waals surface area contributed by atoms with E-state index >= 15 is 0 Å². The Bertz CT molecular complexity index is 1080. The molecule has 0 aromatic heterocycles. The summed E-state index contributed by atoms with van der Waals surface area (Å²) in [7, 11) is 0. The average Bonchev–Trinajstić information content (AvgIpc) is 3.01. The first kappa shape index (κ1) is 17.5. The molecular formula is C22H16N2O4. The molecule has 28 heavy (non-hydrogen) atoms. The fraction of sp³-hybridized carbons (Fsp3) is 0.0455. The van der Waals surface area contributed by atoms with Gasteiger partial charge in [-0.05, 0) is 35.9 Å². The highest BCUT2D eigenvalue weighted by atomic mass is 16.5. The molecule has 4 rings (SSSR count). The van der Waals surface area contributed by atoms with Gasteiger partial charge in [0.05, 0.1) is 11.1 Å². The molecule has 0 aliphatic carbocycles. The number of hydrogen-bond donors (Lipinski definition) is 2. The number of nitrogens with one attached hydrogen (secondary N) is 2. The van der Waals surface area contributed by atoms with Gasteiger partial charge < -0.3 is 10.1 Å². The highest BCUT2D eigenvalue weighted by molar-refractivity contribution is 6.22. The third-order valence-corrected chi connectivity index (χ3v) is 4.34. The van der Waals surface area contributed by atoms with Crippen molar-refractivity contribution in [1.29, 1.82) is 0 Å². The van der Waals surface area contributed by atoms with Crippen LogP contribution in [0.15, 0.2) is 72.8 Å². The summed E-state index contributed by atoms with van der Waals surface area (Å²) in [6, 6.07) is 21.3. The molecule has 0 fully saturated rings. The van der Waals surface area contributed by atoms with Gasteiger partial charge in [0.15, 0.2) is 0 Å². The van der Waals surface area contributed by atoms with E-state index in [9.17, 15) is 14.4 Å². The number of anilines is 1. The molecule has 3 amide bonds. The molecule has 6 nitrogen and oxygen atoms in total. The average molecular weight is 372 g/mol. The standard InChI is InChI=1S/C22H16N2O4/c25-20(15-9-10-18-19(11-15)22(27)24-21(18)26)23-16-7-4-8-17(12-16)28-13-14-5-2-1-3-6-14/h1-12H,13H2,(H,23,25)(H,24,26,27). The third kappa shape index (κ3) is 3.61. The van der Waals surface area contributed by atoms with Crippen molar-refractivity contribution in [1.82, 2.24) is 5.32 Å². The molecule has 0 atom stereocenters. The Labute approximate surface area is 161 Å². The maximum absolute atomic E-state index is 12.5. The lowest BCUT2D eigenvalue weighted by molar-refractivity contribution is 0.0879. The summed E-state index contributed by atoms with van der Waals surface area (Å²) in [4.78, 5) is 35.9. The number of carbonyl (C=O) groups is 3. The predicted molar refractivity (Wildman–Crippen MR) is 103 cm³/mol. The molecule has 3 aromatic rings. The lowest BCUT2D eigenvalue weighted by atomic mass is 10.1. The van der Waals surface area contributed by atoms with E-state index in [-0.39, 0.29) is 17.0 Å². The van der Waals surface area contributed by atoms with Crippen molar-refractivity contribution in [3.05, 3.63) is 95.1 Å². The van der Waals surface area contributed by atoms with Crippen LogP contribution >= 0.6 is 0 Å². The predicted octanol–water partition coefficient (Wildman–Crippen LogP) is 3.40. The molecule has 2 N–H and O–H groups in total. The van der Waals surface area contributed by atoms with Crippen LogP contribution in [-0.2, 0) is 6.61 Å². The largest absolute Gasteiger partial charge is 0.489 e. The Hall–Kier alpha value is -3.93. The first-order chi connectivity index (χ1) is 13.6. The van der Waals surface area contributed by atoms with E-state index in [2.05, 4.69) is 10.6 Å². The SMILES string of the molecule is O=C(Nc1cccc(OCc2ccccc2)c1)c1ccc2c(c1)C(=O)NC2=O. The molecule has 0 radical (unpaired) electrons. The van der Waals surface area contributed by atoms with Gasteiger partial charge in [-0.3, -0.25) is 19.7 Å². The van der Waals surface area contributed by atoms with Crippen LogP contribution < -0.4 is 15.4 Å².